The molecule has 2 heteroatoms. The van der Waals surface area contributed by atoms with Crippen LogP contribution in [-0.2, 0) is 0 Å². The first kappa shape index (κ1) is 12.3. The van der Waals surface area contributed by atoms with E-state index in [9.17, 15) is 4.39 Å². The Labute approximate surface area is 103 Å². The first-order chi connectivity index (χ1) is 8.29. The molecule has 1 aromatic rings. The van der Waals surface area contributed by atoms with Crippen molar-refractivity contribution in [2.45, 2.75) is 38.1 Å². The molecular weight excluding hydrogens is 213 g/mol. The van der Waals surface area contributed by atoms with E-state index in [2.05, 4.69) is 17.5 Å². The van der Waals surface area contributed by atoms with Crippen LogP contribution in [0.15, 0.2) is 36.4 Å². The third-order valence-electron chi connectivity index (χ3n) is 3.44. The van der Waals surface area contributed by atoms with Gasteiger partial charge in [0.05, 0.1) is 0 Å². The molecule has 0 saturated heterocycles. The monoisotopic (exact) mass is 233 g/mol. The molecule has 0 atom stereocenters. The fourth-order valence-corrected chi connectivity index (χ4v) is 2.35. The van der Waals surface area contributed by atoms with Crippen LogP contribution < -0.4 is 5.32 Å². The lowest BCUT2D eigenvalue weighted by Gasteiger charge is -2.36. The second kappa shape index (κ2) is 5.97. The van der Waals surface area contributed by atoms with E-state index < -0.39 is 0 Å². The summed E-state index contributed by atoms with van der Waals surface area (Å²) in [7, 11) is 0. The molecule has 1 aromatic carbocycles. The van der Waals surface area contributed by atoms with E-state index >= 15 is 0 Å². The van der Waals surface area contributed by atoms with Crippen LogP contribution in [0.5, 0.6) is 0 Å². The van der Waals surface area contributed by atoms with Gasteiger partial charge >= 0.3 is 0 Å². The summed E-state index contributed by atoms with van der Waals surface area (Å²) in [5.41, 5.74) is 1.15. The lowest BCUT2D eigenvalue weighted by atomic mass is 9.76. The average Bonchev–Trinajstić information content (AvgIpc) is 2.26. The van der Waals surface area contributed by atoms with Gasteiger partial charge < -0.3 is 5.32 Å². The molecule has 17 heavy (non-hydrogen) atoms. The summed E-state index contributed by atoms with van der Waals surface area (Å²) in [4.78, 5) is 0. The molecule has 2 rings (SSSR count). The normalized spacial score (nSPS) is 23.9. The maximum atomic E-state index is 13.0. The summed E-state index contributed by atoms with van der Waals surface area (Å²) >= 11 is 0. The largest absolute Gasteiger partial charge is 0.314 e. The van der Waals surface area contributed by atoms with Crippen molar-refractivity contribution in [2.24, 2.45) is 0 Å². The van der Waals surface area contributed by atoms with E-state index in [1.165, 1.54) is 6.07 Å². The molecule has 0 spiro atoms. The Morgan fingerprint density at radius 3 is 2.94 bits per heavy atom. The Morgan fingerprint density at radius 1 is 1.41 bits per heavy atom. The Hall–Kier alpha value is -1.15. The van der Waals surface area contributed by atoms with Crippen LogP contribution in [0, 0.1) is 5.82 Å². The standard InChI is InChI=1S/C15H20FN/c1-2-3-4-8-17-15-10-13(11-15)12-6-5-7-14(16)9-12/h2-3,5-7,9,13,15,17H,4,8,10-11H2,1H3/b3-2+. The highest BCUT2D eigenvalue weighted by molar-refractivity contribution is 5.23. The number of halogens is 1. The highest BCUT2D eigenvalue weighted by Gasteiger charge is 2.29. The molecule has 0 aromatic heterocycles. The summed E-state index contributed by atoms with van der Waals surface area (Å²) in [6.07, 6.45) is 7.63. The SMILES string of the molecule is C/C=C/CCNC1CC(c2cccc(F)c2)C1. The average molecular weight is 233 g/mol. The fourth-order valence-electron chi connectivity index (χ4n) is 2.35. The van der Waals surface area contributed by atoms with Crippen molar-refractivity contribution in [3.05, 3.63) is 47.8 Å². The number of hydrogen-bond acceptors (Lipinski definition) is 1. The smallest absolute Gasteiger partial charge is 0.123 e. The maximum Gasteiger partial charge on any atom is 0.123 e. The topological polar surface area (TPSA) is 12.0 Å². The molecule has 1 fully saturated rings. The lowest BCUT2D eigenvalue weighted by molar-refractivity contribution is 0.293. The van der Waals surface area contributed by atoms with Gasteiger partial charge in [-0.25, -0.2) is 4.39 Å². The van der Waals surface area contributed by atoms with Gasteiger partial charge in [0.25, 0.3) is 0 Å². The Bertz CT molecular complexity index is 380. The first-order valence-electron chi connectivity index (χ1n) is 6.39. The second-order valence-corrected chi connectivity index (χ2v) is 4.73. The molecule has 1 aliphatic rings. The van der Waals surface area contributed by atoms with Crippen molar-refractivity contribution in [3.8, 4) is 0 Å². The zero-order chi connectivity index (χ0) is 12.1. The zero-order valence-electron chi connectivity index (χ0n) is 10.3. The predicted molar refractivity (Wildman–Crippen MR) is 69.6 cm³/mol. The quantitative estimate of drug-likeness (QED) is 0.605. The molecule has 0 heterocycles. The summed E-state index contributed by atoms with van der Waals surface area (Å²) in [6.45, 7) is 3.09. The van der Waals surface area contributed by atoms with Crippen LogP contribution in [0.3, 0.4) is 0 Å². The minimum Gasteiger partial charge on any atom is -0.314 e. The number of rotatable bonds is 5. The molecular formula is C15H20FN. The summed E-state index contributed by atoms with van der Waals surface area (Å²) in [5.74, 6) is 0.428. The van der Waals surface area contributed by atoms with Gasteiger partial charge in [-0.3, -0.25) is 0 Å². The molecule has 0 bridgehead atoms. The van der Waals surface area contributed by atoms with Gasteiger partial charge in [0.2, 0.25) is 0 Å². The van der Waals surface area contributed by atoms with Crippen molar-refractivity contribution in [3.63, 3.8) is 0 Å². The highest BCUT2D eigenvalue weighted by Crippen LogP contribution is 2.36. The van der Waals surface area contributed by atoms with Gasteiger partial charge in [-0.15, -0.1) is 0 Å². The van der Waals surface area contributed by atoms with Crippen LogP contribution in [0.1, 0.15) is 37.7 Å². The van der Waals surface area contributed by atoms with Gasteiger partial charge in [0.15, 0.2) is 0 Å². The second-order valence-electron chi connectivity index (χ2n) is 4.73. The Kier molecular flexibility index (Phi) is 4.32. The van der Waals surface area contributed by atoms with Crippen LogP contribution in [-0.4, -0.2) is 12.6 Å². The van der Waals surface area contributed by atoms with Crippen molar-refractivity contribution in [1.29, 1.82) is 0 Å². The van der Waals surface area contributed by atoms with Gasteiger partial charge in [-0.05, 0) is 56.3 Å². The summed E-state index contributed by atoms with van der Waals surface area (Å²) in [6, 6.07) is 7.63. The maximum absolute atomic E-state index is 13.0. The Morgan fingerprint density at radius 2 is 2.24 bits per heavy atom. The molecule has 0 radical (unpaired) electrons. The van der Waals surface area contributed by atoms with Crippen LogP contribution in [0.4, 0.5) is 4.39 Å². The molecule has 1 N–H and O–H groups in total. The van der Waals surface area contributed by atoms with Crippen LogP contribution in [0.25, 0.3) is 0 Å². The third-order valence-corrected chi connectivity index (χ3v) is 3.44. The van der Waals surface area contributed by atoms with E-state index in [0.717, 1.165) is 31.4 Å². The van der Waals surface area contributed by atoms with E-state index in [4.69, 9.17) is 0 Å². The van der Waals surface area contributed by atoms with Crippen molar-refractivity contribution >= 4 is 0 Å². The molecule has 1 saturated carbocycles. The third kappa shape index (κ3) is 3.40. The van der Waals surface area contributed by atoms with Crippen LogP contribution in [0.2, 0.25) is 0 Å². The van der Waals surface area contributed by atoms with Gasteiger partial charge in [0.1, 0.15) is 5.82 Å². The molecule has 0 amide bonds. The first-order valence-corrected chi connectivity index (χ1v) is 6.39. The fraction of sp³-hybridized carbons (Fsp3) is 0.467. The highest BCUT2D eigenvalue weighted by atomic mass is 19.1. The van der Waals surface area contributed by atoms with Crippen LogP contribution >= 0.6 is 0 Å². The summed E-state index contributed by atoms with van der Waals surface area (Å²) in [5, 5.41) is 3.52. The minimum atomic E-state index is -0.119. The van der Waals surface area contributed by atoms with E-state index in [1.807, 2.05) is 13.0 Å². The van der Waals surface area contributed by atoms with E-state index in [-0.39, 0.29) is 5.82 Å². The number of allylic oxidation sites excluding steroid dienone is 1. The van der Waals surface area contributed by atoms with E-state index in [1.54, 1.807) is 12.1 Å². The minimum absolute atomic E-state index is 0.119. The number of benzene rings is 1. The van der Waals surface area contributed by atoms with Gasteiger partial charge in [-0.1, -0.05) is 24.3 Å². The number of nitrogens with one attached hydrogen (secondary N) is 1. The van der Waals surface area contributed by atoms with Gasteiger partial charge in [-0.2, -0.15) is 0 Å². The van der Waals surface area contributed by atoms with Crippen molar-refractivity contribution < 1.29 is 4.39 Å². The molecule has 1 aliphatic carbocycles. The zero-order valence-corrected chi connectivity index (χ0v) is 10.3. The van der Waals surface area contributed by atoms with Gasteiger partial charge in [0, 0.05) is 6.04 Å². The lowest BCUT2D eigenvalue weighted by Crippen LogP contribution is -2.40. The van der Waals surface area contributed by atoms with Crippen molar-refractivity contribution in [1.82, 2.24) is 5.32 Å². The van der Waals surface area contributed by atoms with E-state index in [0.29, 0.717) is 12.0 Å². The van der Waals surface area contributed by atoms with Crippen molar-refractivity contribution in [2.75, 3.05) is 6.54 Å². The predicted octanol–water partition coefficient (Wildman–Crippen LogP) is 3.63. The summed E-state index contributed by atoms with van der Waals surface area (Å²) < 4.78 is 13.0. The molecule has 1 nitrogen and oxygen atoms in total. The molecule has 92 valence electrons. The molecule has 0 unspecified atom stereocenters. The Balaban J connectivity index is 1.72. The number of hydrogen-bond donors (Lipinski definition) is 1. The molecule has 0 aliphatic heterocycles.